The minimum atomic E-state index is -0.910. The molecular formula is C17H9Cl3FN3O3. The topological polar surface area (TPSA) is 84.0 Å². The van der Waals surface area contributed by atoms with Crippen molar-refractivity contribution in [2.75, 3.05) is 5.32 Å². The average molecular weight is 429 g/mol. The largest absolute Gasteiger partial charge is 0.333 e. The molecule has 138 valence electrons. The Morgan fingerprint density at radius 2 is 1.70 bits per heavy atom. The predicted octanol–water partition coefficient (Wildman–Crippen LogP) is 3.88. The maximum atomic E-state index is 13.3. The number of aromatic amines is 1. The van der Waals surface area contributed by atoms with Gasteiger partial charge in [-0.25, -0.2) is 13.8 Å². The van der Waals surface area contributed by atoms with Crippen molar-refractivity contribution >= 4 is 46.4 Å². The lowest BCUT2D eigenvalue weighted by atomic mass is 10.2. The van der Waals surface area contributed by atoms with Crippen molar-refractivity contribution in [2.24, 2.45) is 0 Å². The van der Waals surface area contributed by atoms with E-state index in [4.69, 9.17) is 34.8 Å². The Labute approximate surface area is 166 Å². The minimum Gasteiger partial charge on any atom is -0.322 e. The zero-order valence-electron chi connectivity index (χ0n) is 13.2. The summed E-state index contributed by atoms with van der Waals surface area (Å²) in [6.45, 7) is 0. The molecule has 0 radical (unpaired) electrons. The van der Waals surface area contributed by atoms with E-state index in [1.165, 1.54) is 24.3 Å². The molecule has 0 saturated heterocycles. The first-order valence-electron chi connectivity index (χ1n) is 7.34. The number of halogens is 4. The van der Waals surface area contributed by atoms with Crippen LogP contribution in [0.25, 0.3) is 5.69 Å². The number of nitrogens with zero attached hydrogens (tertiary/aromatic N) is 1. The normalized spacial score (nSPS) is 10.7. The molecule has 2 N–H and O–H groups in total. The Morgan fingerprint density at radius 1 is 1.04 bits per heavy atom. The third-order valence-electron chi connectivity index (χ3n) is 3.50. The van der Waals surface area contributed by atoms with Crippen LogP contribution in [-0.2, 0) is 0 Å². The molecule has 3 aromatic rings. The number of hydrogen-bond acceptors (Lipinski definition) is 3. The average Bonchev–Trinajstić information content (AvgIpc) is 2.57. The van der Waals surface area contributed by atoms with Crippen LogP contribution in [0, 0.1) is 5.82 Å². The molecular weight excluding hydrogens is 420 g/mol. The second kappa shape index (κ2) is 7.56. The summed E-state index contributed by atoms with van der Waals surface area (Å²) in [7, 11) is 0. The van der Waals surface area contributed by atoms with Crippen LogP contribution >= 0.6 is 34.8 Å². The molecule has 0 spiro atoms. The first-order valence-corrected chi connectivity index (χ1v) is 8.47. The fraction of sp³-hybridized carbons (Fsp3) is 0. The Hall–Kier alpha value is -2.61. The van der Waals surface area contributed by atoms with Crippen molar-refractivity contribution in [2.45, 2.75) is 0 Å². The number of H-pyrrole nitrogens is 1. The lowest BCUT2D eigenvalue weighted by Crippen LogP contribution is -2.38. The molecule has 0 fully saturated rings. The van der Waals surface area contributed by atoms with E-state index in [0.29, 0.717) is 4.57 Å². The number of anilines is 1. The van der Waals surface area contributed by atoms with Crippen LogP contribution in [0.5, 0.6) is 0 Å². The molecule has 10 heteroatoms. The Morgan fingerprint density at radius 3 is 2.33 bits per heavy atom. The highest BCUT2D eigenvalue weighted by Gasteiger charge is 2.17. The lowest BCUT2D eigenvalue weighted by Gasteiger charge is -2.09. The number of hydrogen-bond donors (Lipinski definition) is 2. The van der Waals surface area contributed by atoms with Gasteiger partial charge in [0.1, 0.15) is 11.4 Å². The summed E-state index contributed by atoms with van der Waals surface area (Å²) in [5, 5.41) is 2.77. The molecule has 2 aromatic carbocycles. The van der Waals surface area contributed by atoms with Crippen LogP contribution in [0.2, 0.25) is 15.1 Å². The van der Waals surface area contributed by atoms with E-state index in [2.05, 4.69) is 10.3 Å². The van der Waals surface area contributed by atoms with E-state index in [1.807, 2.05) is 0 Å². The lowest BCUT2D eigenvalue weighted by molar-refractivity contribution is 0.102. The maximum Gasteiger partial charge on any atom is 0.333 e. The van der Waals surface area contributed by atoms with Crippen molar-refractivity contribution in [1.82, 2.24) is 9.55 Å². The van der Waals surface area contributed by atoms with E-state index in [-0.39, 0.29) is 32.0 Å². The molecule has 0 aliphatic carbocycles. The highest BCUT2D eigenvalue weighted by Crippen LogP contribution is 2.22. The summed E-state index contributed by atoms with van der Waals surface area (Å²) < 4.78 is 14.0. The molecule has 0 aliphatic rings. The zero-order chi connectivity index (χ0) is 19.7. The highest BCUT2D eigenvalue weighted by atomic mass is 35.5. The van der Waals surface area contributed by atoms with Crippen LogP contribution in [0.15, 0.2) is 52.2 Å². The van der Waals surface area contributed by atoms with Gasteiger partial charge >= 0.3 is 5.69 Å². The van der Waals surface area contributed by atoms with Crippen molar-refractivity contribution in [1.29, 1.82) is 0 Å². The van der Waals surface area contributed by atoms with Gasteiger partial charge in [0.2, 0.25) is 0 Å². The molecule has 27 heavy (non-hydrogen) atoms. The summed E-state index contributed by atoms with van der Waals surface area (Å²) in [6.07, 6.45) is 0.980. The van der Waals surface area contributed by atoms with Gasteiger partial charge in [0.05, 0.1) is 10.7 Å². The van der Waals surface area contributed by atoms with Gasteiger partial charge in [-0.2, -0.15) is 0 Å². The van der Waals surface area contributed by atoms with Crippen molar-refractivity contribution < 1.29 is 9.18 Å². The molecule has 0 saturated carbocycles. The van der Waals surface area contributed by atoms with Crippen LogP contribution in [0.1, 0.15) is 10.4 Å². The molecule has 0 bridgehead atoms. The SMILES string of the molecule is O=C(Nc1cc(Cl)cc(Cl)c1)c1c[nH]c(=O)n(-c2ccc(F)c(Cl)c2)c1=O. The van der Waals surface area contributed by atoms with Gasteiger partial charge in [0.15, 0.2) is 0 Å². The summed E-state index contributed by atoms with van der Waals surface area (Å²) >= 11 is 17.4. The fourth-order valence-electron chi connectivity index (χ4n) is 2.32. The van der Waals surface area contributed by atoms with Gasteiger partial charge in [-0.1, -0.05) is 34.8 Å². The van der Waals surface area contributed by atoms with Crippen molar-refractivity contribution in [3.63, 3.8) is 0 Å². The first kappa shape index (κ1) is 19.2. The van der Waals surface area contributed by atoms with E-state index in [1.54, 1.807) is 0 Å². The molecule has 0 aliphatic heterocycles. The van der Waals surface area contributed by atoms with Gasteiger partial charge in [-0.15, -0.1) is 0 Å². The van der Waals surface area contributed by atoms with E-state index in [9.17, 15) is 18.8 Å². The third kappa shape index (κ3) is 4.05. The number of nitrogens with one attached hydrogen (secondary N) is 2. The second-order valence-corrected chi connectivity index (χ2v) is 6.64. The summed E-state index contributed by atoms with van der Waals surface area (Å²) in [4.78, 5) is 39.5. The number of benzene rings is 2. The van der Waals surface area contributed by atoms with Crippen LogP contribution in [0.3, 0.4) is 0 Å². The predicted molar refractivity (Wildman–Crippen MR) is 102 cm³/mol. The number of amides is 1. The van der Waals surface area contributed by atoms with E-state index < -0.39 is 23.0 Å². The smallest absolute Gasteiger partial charge is 0.322 e. The van der Waals surface area contributed by atoms with Crippen LogP contribution < -0.4 is 16.6 Å². The fourth-order valence-corrected chi connectivity index (χ4v) is 3.02. The molecule has 1 heterocycles. The molecule has 0 atom stereocenters. The molecule has 1 aromatic heterocycles. The van der Waals surface area contributed by atoms with E-state index >= 15 is 0 Å². The Balaban J connectivity index is 2.04. The number of carbonyl (C=O) groups excluding carboxylic acids is 1. The summed E-state index contributed by atoms with van der Waals surface area (Å²) in [5.74, 6) is -1.51. The first-order chi connectivity index (χ1) is 12.8. The molecule has 3 rings (SSSR count). The number of aromatic nitrogens is 2. The van der Waals surface area contributed by atoms with Crippen molar-refractivity contribution in [3.8, 4) is 5.69 Å². The number of carbonyl (C=O) groups is 1. The van der Waals surface area contributed by atoms with Gasteiger partial charge in [0, 0.05) is 21.9 Å². The molecule has 1 amide bonds. The standard InChI is InChI=1S/C17H9Cl3FN3O3/c18-8-3-9(19)5-10(4-8)23-15(25)12-7-22-17(27)24(16(12)26)11-1-2-14(21)13(20)6-11/h1-7H,(H,22,27)(H,23,25). The second-order valence-electron chi connectivity index (χ2n) is 5.36. The van der Waals surface area contributed by atoms with Gasteiger partial charge in [-0.05, 0) is 36.4 Å². The van der Waals surface area contributed by atoms with Crippen LogP contribution in [0.4, 0.5) is 10.1 Å². The highest BCUT2D eigenvalue weighted by molar-refractivity contribution is 6.35. The van der Waals surface area contributed by atoms with E-state index in [0.717, 1.165) is 18.3 Å². The summed E-state index contributed by atoms with van der Waals surface area (Å²) in [5.41, 5.74) is -1.81. The Bertz CT molecular complexity index is 1150. The maximum absolute atomic E-state index is 13.3. The minimum absolute atomic E-state index is 0.00750. The van der Waals surface area contributed by atoms with Gasteiger partial charge in [0.25, 0.3) is 11.5 Å². The monoisotopic (exact) mass is 427 g/mol. The Kier molecular flexibility index (Phi) is 5.36. The quantitative estimate of drug-likeness (QED) is 0.664. The van der Waals surface area contributed by atoms with Gasteiger partial charge < -0.3 is 10.3 Å². The molecule has 6 nitrogen and oxygen atoms in total. The zero-order valence-corrected chi connectivity index (χ0v) is 15.5. The summed E-state index contributed by atoms with van der Waals surface area (Å²) in [6, 6.07) is 7.65. The number of rotatable bonds is 3. The van der Waals surface area contributed by atoms with Crippen LogP contribution in [-0.4, -0.2) is 15.5 Å². The van der Waals surface area contributed by atoms with Crippen molar-refractivity contribution in [3.05, 3.63) is 89.9 Å². The van der Waals surface area contributed by atoms with Gasteiger partial charge in [-0.3, -0.25) is 9.59 Å². The molecule has 0 unspecified atom stereocenters. The third-order valence-corrected chi connectivity index (χ3v) is 4.23.